The van der Waals surface area contributed by atoms with Crippen LogP contribution in [0.3, 0.4) is 0 Å². The van der Waals surface area contributed by atoms with Crippen molar-refractivity contribution in [1.29, 1.82) is 0 Å². The molecule has 7 heteroatoms. The largest absolute Gasteiger partial charge is 0.369 e. The molecule has 0 radical (unpaired) electrons. The van der Waals surface area contributed by atoms with E-state index in [9.17, 15) is 0 Å². The number of rotatable bonds is 6. The molecule has 0 aliphatic carbocycles. The highest BCUT2D eigenvalue weighted by molar-refractivity contribution is 5.88. The van der Waals surface area contributed by atoms with Crippen molar-refractivity contribution in [1.82, 2.24) is 29.7 Å². The Morgan fingerprint density at radius 2 is 1.80 bits per heavy atom. The van der Waals surface area contributed by atoms with Crippen molar-refractivity contribution < 1.29 is 0 Å². The third-order valence-electron chi connectivity index (χ3n) is 7.49. The van der Waals surface area contributed by atoms with Crippen molar-refractivity contribution in [2.75, 3.05) is 39.0 Å². The highest BCUT2D eigenvalue weighted by Crippen LogP contribution is 2.31. The Morgan fingerprint density at radius 1 is 1.03 bits per heavy atom. The Hall–Kier alpha value is -3.19. The van der Waals surface area contributed by atoms with Crippen molar-refractivity contribution in [3.05, 3.63) is 60.1 Å². The molecule has 7 nitrogen and oxygen atoms in total. The molecule has 184 valence electrons. The molecule has 2 aliphatic heterocycles. The molecule has 1 fully saturated rings. The lowest BCUT2D eigenvalue weighted by molar-refractivity contribution is -0.00577. The van der Waals surface area contributed by atoms with Crippen LogP contribution in [0.1, 0.15) is 45.1 Å². The molecule has 1 aromatic carbocycles. The quantitative estimate of drug-likeness (QED) is 0.545. The molecule has 1 unspecified atom stereocenters. The number of pyridine rings is 1. The maximum atomic E-state index is 5.01. The maximum absolute atomic E-state index is 5.01. The average molecular weight is 472 g/mol. The SMILES string of the molecule is CC1=CN(C)C(N2CCC(CNc3nc(-c4ccccc4C(C)C)nc4ncccc34)CC2)N1C. The zero-order valence-corrected chi connectivity index (χ0v) is 21.6. The molecule has 0 spiro atoms. The molecule has 5 rings (SSSR count). The van der Waals surface area contributed by atoms with E-state index in [4.69, 9.17) is 9.97 Å². The van der Waals surface area contributed by atoms with Crippen molar-refractivity contribution in [3.63, 3.8) is 0 Å². The Balaban J connectivity index is 1.31. The summed E-state index contributed by atoms with van der Waals surface area (Å²) in [5.41, 5.74) is 4.40. The molecule has 1 saturated heterocycles. The minimum Gasteiger partial charge on any atom is -0.369 e. The van der Waals surface area contributed by atoms with Gasteiger partial charge < -0.3 is 15.1 Å². The summed E-state index contributed by atoms with van der Waals surface area (Å²) in [6.45, 7) is 9.72. The summed E-state index contributed by atoms with van der Waals surface area (Å²) in [5, 5.41) is 4.66. The molecule has 0 amide bonds. The van der Waals surface area contributed by atoms with Gasteiger partial charge in [-0.25, -0.2) is 15.0 Å². The van der Waals surface area contributed by atoms with Gasteiger partial charge in [-0.15, -0.1) is 0 Å². The highest BCUT2D eigenvalue weighted by atomic mass is 15.5. The van der Waals surface area contributed by atoms with Gasteiger partial charge in [0.2, 0.25) is 0 Å². The maximum Gasteiger partial charge on any atom is 0.165 e. The number of hydrogen-bond donors (Lipinski definition) is 1. The summed E-state index contributed by atoms with van der Waals surface area (Å²) in [7, 11) is 4.37. The second-order valence-electron chi connectivity index (χ2n) is 10.3. The lowest BCUT2D eigenvalue weighted by Crippen LogP contribution is -2.53. The van der Waals surface area contributed by atoms with E-state index >= 15 is 0 Å². The number of hydrogen-bond acceptors (Lipinski definition) is 7. The van der Waals surface area contributed by atoms with E-state index in [0.717, 1.165) is 47.9 Å². The van der Waals surface area contributed by atoms with Gasteiger partial charge in [-0.05, 0) is 49.3 Å². The van der Waals surface area contributed by atoms with Crippen LogP contribution in [0.4, 0.5) is 5.82 Å². The molecular formula is C28H37N7. The number of likely N-dealkylation sites (tertiary alicyclic amines) is 1. The fourth-order valence-corrected chi connectivity index (χ4v) is 5.46. The lowest BCUT2D eigenvalue weighted by Gasteiger charge is -2.42. The van der Waals surface area contributed by atoms with Crippen LogP contribution in [0.5, 0.6) is 0 Å². The Bertz CT molecular complexity index is 1210. The predicted molar refractivity (Wildman–Crippen MR) is 143 cm³/mol. The third kappa shape index (κ3) is 4.69. The van der Waals surface area contributed by atoms with Gasteiger partial charge in [-0.3, -0.25) is 4.90 Å². The number of benzene rings is 1. The van der Waals surface area contributed by atoms with E-state index in [1.54, 1.807) is 6.20 Å². The Labute approximate surface area is 208 Å². The van der Waals surface area contributed by atoms with Gasteiger partial charge in [-0.2, -0.15) is 0 Å². The molecule has 35 heavy (non-hydrogen) atoms. The monoisotopic (exact) mass is 471 g/mol. The van der Waals surface area contributed by atoms with Gasteiger partial charge >= 0.3 is 0 Å². The van der Waals surface area contributed by atoms with Crippen molar-refractivity contribution in [3.8, 4) is 11.4 Å². The third-order valence-corrected chi connectivity index (χ3v) is 7.49. The van der Waals surface area contributed by atoms with Crippen LogP contribution in [0.25, 0.3) is 22.4 Å². The number of nitrogens with zero attached hydrogens (tertiary/aromatic N) is 6. The van der Waals surface area contributed by atoms with Gasteiger partial charge in [0.25, 0.3) is 0 Å². The fraction of sp³-hybridized carbons (Fsp3) is 0.464. The van der Waals surface area contributed by atoms with E-state index in [0.29, 0.717) is 18.1 Å². The van der Waals surface area contributed by atoms with Crippen molar-refractivity contribution in [2.24, 2.45) is 5.92 Å². The average Bonchev–Trinajstić information content (AvgIpc) is 3.13. The number of piperidine rings is 1. The molecule has 2 aromatic heterocycles. The van der Waals surface area contributed by atoms with Crippen LogP contribution in [0.15, 0.2) is 54.5 Å². The molecule has 3 aromatic rings. The molecular weight excluding hydrogens is 434 g/mol. The molecule has 0 saturated carbocycles. The number of nitrogens with one attached hydrogen (secondary N) is 1. The van der Waals surface area contributed by atoms with E-state index in [1.165, 1.54) is 24.1 Å². The normalized spacial score (nSPS) is 19.6. The van der Waals surface area contributed by atoms with E-state index in [2.05, 4.69) is 96.4 Å². The first-order chi connectivity index (χ1) is 16.9. The minimum atomic E-state index is 0.337. The second kappa shape index (κ2) is 9.82. The van der Waals surface area contributed by atoms with E-state index in [-0.39, 0.29) is 0 Å². The summed E-state index contributed by atoms with van der Waals surface area (Å²) in [4.78, 5) is 21.7. The van der Waals surface area contributed by atoms with Crippen molar-refractivity contribution in [2.45, 2.75) is 45.8 Å². The van der Waals surface area contributed by atoms with Gasteiger partial charge in [0.1, 0.15) is 5.82 Å². The first-order valence-electron chi connectivity index (χ1n) is 12.8. The molecule has 2 aliphatic rings. The summed E-state index contributed by atoms with van der Waals surface area (Å²) in [6.07, 6.45) is 6.73. The van der Waals surface area contributed by atoms with Crippen LogP contribution in [-0.2, 0) is 0 Å². The van der Waals surface area contributed by atoms with Crippen LogP contribution in [-0.4, -0.2) is 69.7 Å². The van der Waals surface area contributed by atoms with Gasteiger partial charge in [0.15, 0.2) is 17.8 Å². The number of anilines is 1. The predicted octanol–water partition coefficient (Wildman–Crippen LogP) is 4.96. The number of fused-ring (bicyclic) bond motifs is 1. The smallest absolute Gasteiger partial charge is 0.165 e. The standard InChI is InChI=1S/C28H37N7/c1-19(2)22-9-6-7-10-23(22)27-31-25-24(11-8-14-29-25)26(32-27)30-17-21-12-15-35(16-13-21)28-33(4)18-20(3)34(28)5/h6-11,14,18-19,21,28H,12-13,15-17H2,1-5H3,(H,29,30,31,32). The Kier molecular flexibility index (Phi) is 6.60. The van der Waals surface area contributed by atoms with E-state index in [1.807, 2.05) is 6.07 Å². The molecule has 0 bridgehead atoms. The van der Waals surface area contributed by atoms with Gasteiger partial charge in [-0.1, -0.05) is 38.1 Å². The van der Waals surface area contributed by atoms with Crippen LogP contribution in [0, 0.1) is 5.92 Å². The Morgan fingerprint density at radius 3 is 2.51 bits per heavy atom. The number of aromatic nitrogens is 3. The van der Waals surface area contributed by atoms with Crippen LogP contribution in [0.2, 0.25) is 0 Å². The van der Waals surface area contributed by atoms with Gasteiger partial charge in [0.05, 0.1) is 5.39 Å². The molecule has 1 atom stereocenters. The van der Waals surface area contributed by atoms with Crippen molar-refractivity contribution >= 4 is 16.9 Å². The molecule has 1 N–H and O–H groups in total. The van der Waals surface area contributed by atoms with E-state index < -0.39 is 0 Å². The minimum absolute atomic E-state index is 0.337. The zero-order valence-electron chi connectivity index (χ0n) is 21.6. The molecule has 4 heterocycles. The fourth-order valence-electron chi connectivity index (χ4n) is 5.46. The lowest BCUT2D eigenvalue weighted by atomic mass is 9.96. The number of allylic oxidation sites excluding steroid dienone is 1. The summed E-state index contributed by atoms with van der Waals surface area (Å²) < 4.78 is 0. The highest BCUT2D eigenvalue weighted by Gasteiger charge is 2.33. The van der Waals surface area contributed by atoms with Gasteiger partial charge in [0, 0.05) is 57.4 Å². The van der Waals surface area contributed by atoms with Crippen LogP contribution < -0.4 is 5.32 Å². The first-order valence-corrected chi connectivity index (χ1v) is 12.8. The summed E-state index contributed by atoms with van der Waals surface area (Å²) in [5.74, 6) is 2.64. The zero-order chi connectivity index (χ0) is 24.5. The summed E-state index contributed by atoms with van der Waals surface area (Å²) in [6, 6.07) is 12.5. The van der Waals surface area contributed by atoms with Crippen LogP contribution >= 0.6 is 0 Å². The summed E-state index contributed by atoms with van der Waals surface area (Å²) >= 11 is 0. The topological polar surface area (TPSA) is 60.4 Å². The second-order valence-corrected chi connectivity index (χ2v) is 10.3. The first kappa shape index (κ1) is 23.5.